The van der Waals surface area contributed by atoms with Gasteiger partial charge in [0.1, 0.15) is 11.5 Å². The van der Waals surface area contributed by atoms with Crippen LogP contribution in [0.2, 0.25) is 0 Å². The topological polar surface area (TPSA) is 70.2 Å². The zero-order chi connectivity index (χ0) is 20.6. The number of carbonyl (C=O) groups excluding carboxylic acids is 1. The number of benzene rings is 2. The number of aromatic nitrogens is 2. The van der Waals surface area contributed by atoms with Crippen LogP contribution in [-0.4, -0.2) is 29.0 Å². The number of nitrogens with one attached hydrogen (secondary N) is 2. The molecule has 0 atom stereocenters. The Kier molecular flexibility index (Phi) is 6.73. The van der Waals surface area contributed by atoms with Gasteiger partial charge in [0.15, 0.2) is 0 Å². The van der Waals surface area contributed by atoms with Crippen LogP contribution in [0.25, 0.3) is 0 Å². The molecule has 2 N–H and O–H groups in total. The smallest absolute Gasteiger partial charge is 0.274 e. The van der Waals surface area contributed by atoms with Crippen molar-refractivity contribution in [3.63, 3.8) is 0 Å². The molecule has 2 aromatic carbocycles. The summed E-state index contributed by atoms with van der Waals surface area (Å²) in [6.45, 7) is 6.28. The summed E-state index contributed by atoms with van der Waals surface area (Å²) in [6.07, 6.45) is 1.50. The first-order valence-electron chi connectivity index (χ1n) is 9.57. The number of amides is 1. The maximum absolute atomic E-state index is 13.7. The number of hydrogen-bond donors (Lipinski definition) is 2. The molecule has 0 spiro atoms. The van der Waals surface area contributed by atoms with Gasteiger partial charge in [-0.25, -0.2) is 14.4 Å². The molecule has 0 aliphatic rings. The van der Waals surface area contributed by atoms with Crippen molar-refractivity contribution in [2.45, 2.75) is 20.4 Å². The maximum atomic E-state index is 13.7. The monoisotopic (exact) mass is 393 g/mol. The summed E-state index contributed by atoms with van der Waals surface area (Å²) in [5.74, 6) is -0.378. The van der Waals surface area contributed by atoms with Crippen molar-refractivity contribution in [2.75, 3.05) is 28.6 Å². The molecule has 3 aromatic rings. The molecule has 6 nitrogen and oxygen atoms in total. The number of nitrogens with zero attached hydrogens (tertiary/aromatic N) is 3. The predicted octanol–water partition coefficient (Wildman–Crippen LogP) is 4.33. The van der Waals surface area contributed by atoms with Crippen molar-refractivity contribution >= 4 is 23.2 Å². The minimum atomic E-state index is -0.336. The Morgan fingerprint density at radius 3 is 2.45 bits per heavy atom. The quantitative estimate of drug-likeness (QED) is 0.596. The lowest BCUT2D eigenvalue weighted by atomic mass is 10.2. The molecule has 0 aliphatic carbocycles. The molecule has 0 aliphatic heterocycles. The van der Waals surface area contributed by atoms with E-state index in [9.17, 15) is 9.18 Å². The van der Waals surface area contributed by atoms with Gasteiger partial charge in [0.05, 0.1) is 0 Å². The van der Waals surface area contributed by atoms with E-state index in [-0.39, 0.29) is 29.9 Å². The van der Waals surface area contributed by atoms with Crippen LogP contribution in [-0.2, 0) is 6.54 Å². The minimum absolute atomic E-state index is 0.226. The molecule has 0 bridgehead atoms. The third kappa shape index (κ3) is 5.28. The number of hydrogen-bond acceptors (Lipinski definition) is 5. The zero-order valence-electron chi connectivity index (χ0n) is 16.5. The molecular weight excluding hydrogens is 369 g/mol. The Morgan fingerprint density at radius 1 is 1.03 bits per heavy atom. The Hall–Kier alpha value is -3.48. The molecule has 1 aromatic heterocycles. The number of anilines is 3. The molecule has 0 saturated carbocycles. The van der Waals surface area contributed by atoms with E-state index in [1.54, 1.807) is 18.2 Å². The average Bonchev–Trinajstić information content (AvgIpc) is 2.75. The summed E-state index contributed by atoms with van der Waals surface area (Å²) in [5.41, 5.74) is 2.52. The van der Waals surface area contributed by atoms with Gasteiger partial charge in [-0.05, 0) is 50.2 Å². The molecule has 0 unspecified atom stereocenters. The predicted molar refractivity (Wildman–Crippen MR) is 114 cm³/mol. The first-order chi connectivity index (χ1) is 14.1. The van der Waals surface area contributed by atoms with Gasteiger partial charge in [-0.3, -0.25) is 4.79 Å². The van der Waals surface area contributed by atoms with Gasteiger partial charge in [-0.15, -0.1) is 0 Å². The van der Waals surface area contributed by atoms with Gasteiger partial charge >= 0.3 is 0 Å². The first-order valence-corrected chi connectivity index (χ1v) is 9.57. The summed E-state index contributed by atoms with van der Waals surface area (Å²) in [5, 5.41) is 5.78. The maximum Gasteiger partial charge on any atom is 0.274 e. The van der Waals surface area contributed by atoms with Crippen LogP contribution in [0.4, 0.5) is 21.7 Å². The van der Waals surface area contributed by atoms with Crippen LogP contribution >= 0.6 is 0 Å². The highest BCUT2D eigenvalue weighted by molar-refractivity contribution is 6.03. The van der Waals surface area contributed by atoms with E-state index in [0.29, 0.717) is 11.3 Å². The molecule has 7 heteroatoms. The van der Waals surface area contributed by atoms with E-state index in [0.717, 1.165) is 18.8 Å². The van der Waals surface area contributed by atoms with Crippen LogP contribution in [0.1, 0.15) is 29.9 Å². The molecule has 150 valence electrons. The molecule has 0 radical (unpaired) electrons. The van der Waals surface area contributed by atoms with Crippen LogP contribution in [0, 0.1) is 5.82 Å². The second kappa shape index (κ2) is 9.64. The van der Waals surface area contributed by atoms with Gasteiger partial charge in [0, 0.05) is 42.8 Å². The van der Waals surface area contributed by atoms with Gasteiger partial charge in [0.25, 0.3) is 5.91 Å². The third-order valence-electron chi connectivity index (χ3n) is 4.54. The first kappa shape index (κ1) is 20.3. The number of rotatable bonds is 8. The Bertz CT molecular complexity index is 957. The third-order valence-corrected chi connectivity index (χ3v) is 4.54. The van der Waals surface area contributed by atoms with E-state index in [4.69, 9.17) is 0 Å². The highest BCUT2D eigenvalue weighted by Gasteiger charge is 2.10. The van der Waals surface area contributed by atoms with Gasteiger partial charge < -0.3 is 15.5 Å². The number of halogens is 1. The Morgan fingerprint density at radius 2 is 1.76 bits per heavy atom. The molecule has 0 saturated heterocycles. The van der Waals surface area contributed by atoms with Crippen LogP contribution in [0.3, 0.4) is 0 Å². The largest absolute Gasteiger partial charge is 0.372 e. The lowest BCUT2D eigenvalue weighted by molar-refractivity contribution is 0.102. The lowest BCUT2D eigenvalue weighted by Crippen LogP contribution is -2.21. The zero-order valence-corrected chi connectivity index (χ0v) is 16.5. The summed E-state index contributed by atoms with van der Waals surface area (Å²) < 4.78 is 13.7. The highest BCUT2D eigenvalue weighted by atomic mass is 19.1. The van der Waals surface area contributed by atoms with E-state index in [2.05, 4.69) is 39.3 Å². The highest BCUT2D eigenvalue weighted by Crippen LogP contribution is 2.18. The SMILES string of the molecule is CCN(CC)c1ccc(NC(=O)c2ccnc(NCc3ccccc3F)n2)cc1. The molecule has 1 heterocycles. The van der Waals surface area contributed by atoms with E-state index in [1.807, 2.05) is 24.3 Å². The Labute approximate surface area is 169 Å². The molecule has 29 heavy (non-hydrogen) atoms. The van der Waals surface area contributed by atoms with Gasteiger partial charge in [0.2, 0.25) is 5.95 Å². The van der Waals surface area contributed by atoms with Crippen LogP contribution < -0.4 is 15.5 Å². The second-order valence-corrected chi connectivity index (χ2v) is 6.38. The lowest BCUT2D eigenvalue weighted by Gasteiger charge is -2.21. The fourth-order valence-corrected chi connectivity index (χ4v) is 2.93. The van der Waals surface area contributed by atoms with Crippen LogP contribution in [0.15, 0.2) is 60.8 Å². The van der Waals surface area contributed by atoms with Gasteiger partial charge in [-0.1, -0.05) is 18.2 Å². The minimum Gasteiger partial charge on any atom is -0.372 e. The number of carbonyl (C=O) groups is 1. The van der Waals surface area contributed by atoms with E-state index in [1.165, 1.54) is 18.3 Å². The van der Waals surface area contributed by atoms with Crippen molar-refractivity contribution in [1.82, 2.24) is 9.97 Å². The summed E-state index contributed by atoms with van der Waals surface area (Å²) in [4.78, 5) is 23.1. The normalized spacial score (nSPS) is 10.4. The molecule has 0 fully saturated rings. The van der Waals surface area contributed by atoms with Crippen molar-refractivity contribution in [3.05, 3.63) is 77.9 Å². The fraction of sp³-hybridized carbons (Fsp3) is 0.227. The second-order valence-electron chi connectivity index (χ2n) is 6.38. The molecule has 3 rings (SSSR count). The molecular formula is C22H24FN5O. The van der Waals surface area contributed by atoms with Crippen molar-refractivity contribution in [3.8, 4) is 0 Å². The fourth-order valence-electron chi connectivity index (χ4n) is 2.93. The molecule has 1 amide bonds. The summed E-state index contributed by atoms with van der Waals surface area (Å²) >= 11 is 0. The Balaban J connectivity index is 1.64. The van der Waals surface area contributed by atoms with E-state index >= 15 is 0 Å². The van der Waals surface area contributed by atoms with Crippen LogP contribution in [0.5, 0.6) is 0 Å². The van der Waals surface area contributed by atoms with E-state index < -0.39 is 0 Å². The van der Waals surface area contributed by atoms with Crippen molar-refractivity contribution < 1.29 is 9.18 Å². The standard InChI is InChI=1S/C22H24FN5O/c1-3-28(4-2)18-11-9-17(10-12-18)26-21(29)20-13-14-24-22(27-20)25-15-16-7-5-6-8-19(16)23/h5-14H,3-4,15H2,1-2H3,(H,26,29)(H,24,25,27). The summed E-state index contributed by atoms with van der Waals surface area (Å²) in [7, 11) is 0. The van der Waals surface area contributed by atoms with Crippen molar-refractivity contribution in [1.29, 1.82) is 0 Å². The van der Waals surface area contributed by atoms with Crippen molar-refractivity contribution in [2.24, 2.45) is 0 Å². The van der Waals surface area contributed by atoms with Gasteiger partial charge in [-0.2, -0.15) is 0 Å². The average molecular weight is 393 g/mol. The summed E-state index contributed by atoms with van der Waals surface area (Å²) in [6, 6.07) is 15.7.